The third-order valence-electron chi connectivity index (χ3n) is 4.42. The van der Waals surface area contributed by atoms with Crippen LogP contribution in [0.15, 0.2) is 69.5 Å². The van der Waals surface area contributed by atoms with Gasteiger partial charge in [-0.15, -0.1) is 0 Å². The molecule has 0 spiro atoms. The van der Waals surface area contributed by atoms with Crippen LogP contribution in [0.4, 0.5) is 0 Å². The molecule has 1 fully saturated rings. The van der Waals surface area contributed by atoms with Crippen LogP contribution in [-0.2, 0) is 4.79 Å². The van der Waals surface area contributed by atoms with Crippen molar-refractivity contribution in [1.82, 2.24) is 0 Å². The van der Waals surface area contributed by atoms with Crippen molar-refractivity contribution in [3.05, 3.63) is 60.2 Å². The Morgan fingerprint density at radius 1 is 1.00 bits per heavy atom. The quantitative estimate of drug-likeness (QED) is 0.449. The van der Waals surface area contributed by atoms with Gasteiger partial charge in [0, 0.05) is 21.8 Å². The second kappa shape index (κ2) is 8.15. The number of ketones is 1. The van der Waals surface area contributed by atoms with Gasteiger partial charge < -0.3 is 5.21 Å². The number of carbonyl (C=O) groups excluding carboxylic acids is 1. The molecule has 0 aliphatic heterocycles. The van der Waals surface area contributed by atoms with Crippen LogP contribution < -0.4 is 0 Å². The molecule has 0 atom stereocenters. The van der Waals surface area contributed by atoms with E-state index in [4.69, 9.17) is 0 Å². The first-order valence-corrected chi connectivity index (χ1v) is 9.16. The Morgan fingerprint density at radius 2 is 1.62 bits per heavy atom. The molecule has 0 aromatic heterocycles. The van der Waals surface area contributed by atoms with Crippen LogP contribution in [0.1, 0.15) is 37.7 Å². The van der Waals surface area contributed by atoms with Gasteiger partial charge in [0.1, 0.15) is 0 Å². The summed E-state index contributed by atoms with van der Waals surface area (Å²) in [6.45, 7) is 0. The molecule has 124 valence electrons. The van der Waals surface area contributed by atoms with E-state index in [9.17, 15) is 10.0 Å². The molecule has 1 N–H and O–H groups in total. The van der Waals surface area contributed by atoms with Crippen molar-refractivity contribution in [1.29, 1.82) is 0 Å². The molecular weight excluding hydrogens is 318 g/mol. The van der Waals surface area contributed by atoms with E-state index in [1.165, 1.54) is 17.7 Å². The molecule has 24 heavy (non-hydrogen) atoms. The minimum absolute atomic E-state index is 0.0622. The van der Waals surface area contributed by atoms with Crippen molar-refractivity contribution in [2.24, 2.45) is 11.1 Å². The standard InChI is InChI=1S/C20H21NO2S/c22-19(14-15-6-4-5-7-15)20(21-23)16-10-12-18(13-11-16)24-17-8-2-1-3-9-17/h1-3,8-13,15,23H,4-7,14H2. The van der Waals surface area contributed by atoms with E-state index < -0.39 is 0 Å². The highest BCUT2D eigenvalue weighted by atomic mass is 32.2. The average Bonchev–Trinajstić information content (AvgIpc) is 3.11. The second-order valence-electron chi connectivity index (χ2n) is 6.17. The summed E-state index contributed by atoms with van der Waals surface area (Å²) in [6, 6.07) is 17.8. The molecule has 4 heteroatoms. The number of oxime groups is 1. The summed E-state index contributed by atoms with van der Waals surface area (Å²) in [6.07, 6.45) is 5.11. The lowest BCUT2D eigenvalue weighted by molar-refractivity contribution is -0.113. The number of Topliss-reactive ketones (excluding diaryl/α,β-unsaturated/α-hetero) is 1. The van der Waals surface area contributed by atoms with Gasteiger partial charge in [0.25, 0.3) is 0 Å². The molecule has 3 nitrogen and oxygen atoms in total. The Balaban J connectivity index is 1.67. The summed E-state index contributed by atoms with van der Waals surface area (Å²) in [5.74, 6) is 0.384. The number of carbonyl (C=O) groups is 1. The largest absolute Gasteiger partial charge is 0.410 e. The fourth-order valence-corrected chi connectivity index (χ4v) is 3.99. The number of nitrogens with zero attached hydrogens (tertiary/aromatic N) is 1. The summed E-state index contributed by atoms with van der Waals surface area (Å²) in [5.41, 5.74) is 0.857. The van der Waals surface area contributed by atoms with Crippen LogP contribution >= 0.6 is 11.8 Å². The van der Waals surface area contributed by atoms with Gasteiger partial charge in [-0.3, -0.25) is 4.79 Å². The molecule has 2 aromatic carbocycles. The van der Waals surface area contributed by atoms with Gasteiger partial charge in [0.2, 0.25) is 0 Å². The summed E-state index contributed by atoms with van der Waals surface area (Å²) in [7, 11) is 0. The first-order chi connectivity index (χ1) is 11.8. The number of benzene rings is 2. The van der Waals surface area contributed by atoms with Crippen LogP contribution in [0.25, 0.3) is 0 Å². The number of hydrogen-bond acceptors (Lipinski definition) is 4. The summed E-state index contributed by atoms with van der Waals surface area (Å²) >= 11 is 1.66. The molecule has 0 unspecified atom stereocenters. The van der Waals surface area contributed by atoms with E-state index in [0.29, 0.717) is 17.9 Å². The van der Waals surface area contributed by atoms with Crippen LogP contribution in [0.2, 0.25) is 0 Å². The second-order valence-corrected chi connectivity index (χ2v) is 7.31. The van der Waals surface area contributed by atoms with Crippen LogP contribution in [-0.4, -0.2) is 16.7 Å². The van der Waals surface area contributed by atoms with Crippen LogP contribution in [0, 0.1) is 5.92 Å². The molecule has 1 saturated carbocycles. The van der Waals surface area contributed by atoms with E-state index in [0.717, 1.165) is 17.7 Å². The molecule has 0 saturated heterocycles. The molecular formula is C20H21NO2S. The predicted molar refractivity (Wildman–Crippen MR) is 96.9 cm³/mol. The van der Waals surface area contributed by atoms with Gasteiger partial charge in [-0.2, -0.15) is 0 Å². The normalized spacial score (nSPS) is 15.6. The third-order valence-corrected chi connectivity index (χ3v) is 5.44. The maximum Gasteiger partial charge on any atom is 0.185 e. The maximum absolute atomic E-state index is 12.4. The SMILES string of the molecule is O=C(CC1CCCC1)C(=NO)c1ccc(Sc2ccccc2)cc1. The third kappa shape index (κ3) is 4.26. The highest BCUT2D eigenvalue weighted by Crippen LogP contribution is 2.29. The Kier molecular flexibility index (Phi) is 5.70. The molecule has 3 rings (SSSR count). The number of hydrogen-bond donors (Lipinski definition) is 1. The van der Waals surface area contributed by atoms with Crippen molar-refractivity contribution in [2.75, 3.05) is 0 Å². The minimum Gasteiger partial charge on any atom is -0.410 e. The summed E-state index contributed by atoms with van der Waals surface area (Å²) in [5, 5.41) is 12.6. The van der Waals surface area contributed by atoms with Crippen LogP contribution in [0.5, 0.6) is 0 Å². The topological polar surface area (TPSA) is 49.7 Å². The Bertz CT molecular complexity index is 704. The average molecular weight is 339 g/mol. The Hall–Kier alpha value is -2.07. The van der Waals surface area contributed by atoms with E-state index in [-0.39, 0.29) is 11.5 Å². The van der Waals surface area contributed by atoms with Gasteiger partial charge in [-0.05, 0) is 30.2 Å². The minimum atomic E-state index is -0.0622. The van der Waals surface area contributed by atoms with Gasteiger partial charge >= 0.3 is 0 Å². The van der Waals surface area contributed by atoms with E-state index in [1.54, 1.807) is 11.8 Å². The maximum atomic E-state index is 12.4. The molecule has 0 heterocycles. The molecule has 1 aliphatic carbocycles. The van der Waals surface area contributed by atoms with E-state index in [2.05, 4.69) is 17.3 Å². The lowest BCUT2D eigenvalue weighted by Crippen LogP contribution is -2.18. The van der Waals surface area contributed by atoms with Crippen molar-refractivity contribution in [2.45, 2.75) is 41.9 Å². The fraction of sp³-hybridized carbons (Fsp3) is 0.300. The van der Waals surface area contributed by atoms with E-state index in [1.807, 2.05) is 42.5 Å². The highest BCUT2D eigenvalue weighted by Gasteiger charge is 2.22. The molecule has 2 aromatic rings. The summed E-state index contributed by atoms with van der Waals surface area (Å²) < 4.78 is 0. The van der Waals surface area contributed by atoms with Gasteiger partial charge in [-0.1, -0.05) is 72.9 Å². The smallest absolute Gasteiger partial charge is 0.185 e. The Labute approximate surface area is 146 Å². The van der Waals surface area contributed by atoms with Crippen molar-refractivity contribution < 1.29 is 10.0 Å². The van der Waals surface area contributed by atoms with Crippen molar-refractivity contribution >= 4 is 23.3 Å². The predicted octanol–water partition coefficient (Wildman–Crippen LogP) is 5.17. The van der Waals surface area contributed by atoms with Gasteiger partial charge in [-0.25, -0.2) is 0 Å². The Morgan fingerprint density at radius 3 is 2.25 bits per heavy atom. The van der Waals surface area contributed by atoms with Crippen LogP contribution in [0.3, 0.4) is 0 Å². The lowest BCUT2D eigenvalue weighted by Gasteiger charge is -2.09. The van der Waals surface area contributed by atoms with Gasteiger partial charge in [0.15, 0.2) is 11.5 Å². The van der Waals surface area contributed by atoms with E-state index >= 15 is 0 Å². The van der Waals surface area contributed by atoms with Gasteiger partial charge in [0.05, 0.1) is 0 Å². The zero-order chi connectivity index (χ0) is 16.8. The zero-order valence-electron chi connectivity index (χ0n) is 13.5. The first-order valence-electron chi connectivity index (χ1n) is 8.35. The first kappa shape index (κ1) is 16.8. The molecule has 1 aliphatic rings. The van der Waals surface area contributed by atoms with Crippen molar-refractivity contribution in [3.8, 4) is 0 Å². The zero-order valence-corrected chi connectivity index (χ0v) is 14.3. The number of rotatable bonds is 6. The molecule has 0 radical (unpaired) electrons. The monoisotopic (exact) mass is 339 g/mol. The molecule has 0 amide bonds. The fourth-order valence-electron chi connectivity index (χ4n) is 3.15. The summed E-state index contributed by atoms with van der Waals surface area (Å²) in [4.78, 5) is 14.7. The molecule has 0 bridgehead atoms. The highest BCUT2D eigenvalue weighted by molar-refractivity contribution is 7.99. The lowest BCUT2D eigenvalue weighted by atomic mass is 9.96. The van der Waals surface area contributed by atoms with Crippen molar-refractivity contribution in [3.63, 3.8) is 0 Å².